The highest BCUT2D eigenvalue weighted by molar-refractivity contribution is 5.91. The number of ether oxygens (including phenoxy) is 2. The average molecular weight is 336 g/mol. The van der Waals surface area contributed by atoms with Crippen LogP contribution in [0.1, 0.15) is 16.1 Å². The first-order valence-corrected chi connectivity index (χ1v) is 7.55. The molecule has 0 saturated heterocycles. The maximum absolute atomic E-state index is 11.9. The summed E-state index contributed by atoms with van der Waals surface area (Å²) in [4.78, 5) is 24.0. The molecule has 0 spiro atoms. The Bertz CT molecular complexity index is 838. The van der Waals surface area contributed by atoms with Crippen LogP contribution in [0, 0.1) is 0 Å². The van der Waals surface area contributed by atoms with E-state index < -0.39 is 0 Å². The number of pyridine rings is 1. The summed E-state index contributed by atoms with van der Waals surface area (Å²) >= 11 is 0. The Morgan fingerprint density at radius 3 is 2.68 bits per heavy atom. The summed E-state index contributed by atoms with van der Waals surface area (Å²) in [5.41, 5.74) is 1.11. The Morgan fingerprint density at radius 2 is 1.96 bits per heavy atom. The Hall–Kier alpha value is -3.48. The number of methoxy groups -OCH3 is 1. The van der Waals surface area contributed by atoms with Crippen molar-refractivity contribution in [2.45, 2.75) is 6.54 Å². The Kier molecular flexibility index (Phi) is 5.16. The zero-order chi connectivity index (χ0) is 17.5. The number of nitrogens with zero attached hydrogens (tertiary/aromatic N) is 3. The van der Waals surface area contributed by atoms with Gasteiger partial charge in [0.05, 0.1) is 13.3 Å². The van der Waals surface area contributed by atoms with Gasteiger partial charge in [0.25, 0.3) is 5.91 Å². The van der Waals surface area contributed by atoms with Gasteiger partial charge in [-0.15, -0.1) is 0 Å². The molecule has 0 aliphatic carbocycles. The van der Waals surface area contributed by atoms with Crippen molar-refractivity contribution in [2.75, 3.05) is 7.11 Å². The molecule has 7 heteroatoms. The molecule has 126 valence electrons. The highest BCUT2D eigenvalue weighted by Crippen LogP contribution is 2.23. The number of carbonyl (C=O) groups is 1. The van der Waals surface area contributed by atoms with Gasteiger partial charge >= 0.3 is 0 Å². The van der Waals surface area contributed by atoms with Crippen molar-refractivity contribution in [3.8, 4) is 17.4 Å². The van der Waals surface area contributed by atoms with Gasteiger partial charge in [0.2, 0.25) is 5.88 Å². The van der Waals surface area contributed by atoms with E-state index in [0.29, 0.717) is 23.9 Å². The van der Waals surface area contributed by atoms with Gasteiger partial charge in [-0.3, -0.25) is 9.78 Å². The fraction of sp³-hybridized carbons (Fsp3) is 0.111. The molecular weight excluding hydrogens is 320 g/mol. The summed E-state index contributed by atoms with van der Waals surface area (Å²) < 4.78 is 10.8. The van der Waals surface area contributed by atoms with Crippen LogP contribution in [0.25, 0.3) is 0 Å². The number of amides is 1. The second-order valence-corrected chi connectivity index (χ2v) is 5.06. The minimum absolute atomic E-state index is 0.272. The maximum atomic E-state index is 11.9. The molecule has 1 aromatic carbocycles. The number of aromatic nitrogens is 3. The van der Waals surface area contributed by atoms with E-state index in [-0.39, 0.29) is 11.6 Å². The minimum atomic E-state index is -0.287. The lowest BCUT2D eigenvalue weighted by Crippen LogP contribution is -2.23. The van der Waals surface area contributed by atoms with Crippen LogP contribution in [0.2, 0.25) is 0 Å². The molecule has 1 N–H and O–H groups in total. The van der Waals surface area contributed by atoms with Gasteiger partial charge < -0.3 is 14.8 Å². The van der Waals surface area contributed by atoms with E-state index in [1.54, 1.807) is 25.4 Å². The summed E-state index contributed by atoms with van der Waals surface area (Å²) in [5, 5.41) is 2.76. The topological polar surface area (TPSA) is 86.2 Å². The molecule has 0 aliphatic rings. The number of hydrogen-bond donors (Lipinski definition) is 1. The molecule has 2 heterocycles. The van der Waals surface area contributed by atoms with E-state index in [4.69, 9.17) is 9.47 Å². The molecule has 0 atom stereocenters. The third kappa shape index (κ3) is 4.51. The van der Waals surface area contributed by atoms with Crippen molar-refractivity contribution in [3.05, 3.63) is 72.4 Å². The molecule has 25 heavy (non-hydrogen) atoms. The monoisotopic (exact) mass is 336 g/mol. The van der Waals surface area contributed by atoms with Gasteiger partial charge in [-0.1, -0.05) is 12.1 Å². The lowest BCUT2D eigenvalue weighted by Gasteiger charge is -2.08. The zero-order valence-electron chi connectivity index (χ0n) is 13.5. The number of hydrogen-bond acceptors (Lipinski definition) is 6. The van der Waals surface area contributed by atoms with Gasteiger partial charge in [0.15, 0.2) is 0 Å². The summed E-state index contributed by atoms with van der Waals surface area (Å²) in [6, 6.07) is 10.8. The van der Waals surface area contributed by atoms with Crippen LogP contribution >= 0.6 is 0 Å². The van der Waals surface area contributed by atoms with E-state index >= 15 is 0 Å². The van der Waals surface area contributed by atoms with Crippen LogP contribution in [0.4, 0.5) is 0 Å². The molecule has 3 rings (SSSR count). The van der Waals surface area contributed by atoms with Crippen LogP contribution in [0.3, 0.4) is 0 Å². The van der Waals surface area contributed by atoms with Crippen LogP contribution in [0.15, 0.2) is 61.2 Å². The van der Waals surface area contributed by atoms with Crippen molar-refractivity contribution < 1.29 is 14.3 Å². The minimum Gasteiger partial charge on any atom is -0.497 e. The first-order chi connectivity index (χ1) is 12.2. The molecule has 3 aromatic rings. The van der Waals surface area contributed by atoms with E-state index in [0.717, 1.165) is 5.56 Å². The van der Waals surface area contributed by atoms with E-state index in [2.05, 4.69) is 20.3 Å². The van der Waals surface area contributed by atoms with Gasteiger partial charge in [-0.2, -0.15) is 0 Å². The number of benzene rings is 1. The van der Waals surface area contributed by atoms with Gasteiger partial charge in [0.1, 0.15) is 17.2 Å². The van der Waals surface area contributed by atoms with Crippen molar-refractivity contribution in [2.24, 2.45) is 0 Å². The first-order valence-electron chi connectivity index (χ1n) is 7.55. The molecule has 0 saturated carbocycles. The number of carbonyl (C=O) groups excluding carboxylic acids is 1. The summed E-state index contributed by atoms with van der Waals surface area (Å²) in [6.45, 7) is 0.335. The van der Waals surface area contributed by atoms with Gasteiger partial charge in [-0.25, -0.2) is 9.97 Å². The fourth-order valence-electron chi connectivity index (χ4n) is 2.05. The maximum Gasteiger partial charge on any atom is 0.271 e. The quantitative estimate of drug-likeness (QED) is 0.744. The molecule has 0 unspecified atom stereocenters. The van der Waals surface area contributed by atoms with Crippen molar-refractivity contribution in [1.29, 1.82) is 0 Å². The normalized spacial score (nSPS) is 10.1. The summed E-state index contributed by atoms with van der Waals surface area (Å²) in [6.07, 6.45) is 6.05. The molecular formula is C18H16N4O3. The van der Waals surface area contributed by atoms with E-state index in [9.17, 15) is 4.79 Å². The first kappa shape index (κ1) is 16.4. The van der Waals surface area contributed by atoms with Crippen LogP contribution in [-0.2, 0) is 6.54 Å². The average Bonchev–Trinajstić information content (AvgIpc) is 2.68. The van der Waals surface area contributed by atoms with E-state index in [1.807, 2.05) is 24.3 Å². The lowest BCUT2D eigenvalue weighted by atomic mass is 10.3. The largest absolute Gasteiger partial charge is 0.497 e. The second kappa shape index (κ2) is 7.87. The third-order valence-corrected chi connectivity index (χ3v) is 3.31. The molecule has 0 aliphatic heterocycles. The third-order valence-electron chi connectivity index (χ3n) is 3.31. The van der Waals surface area contributed by atoms with Crippen LogP contribution < -0.4 is 14.8 Å². The molecule has 2 aromatic heterocycles. The van der Waals surface area contributed by atoms with Crippen molar-refractivity contribution >= 4 is 5.91 Å². The second-order valence-electron chi connectivity index (χ2n) is 5.06. The molecule has 7 nitrogen and oxygen atoms in total. The molecule has 0 radical (unpaired) electrons. The lowest BCUT2D eigenvalue weighted by molar-refractivity contribution is 0.0945. The predicted molar refractivity (Wildman–Crippen MR) is 90.5 cm³/mol. The van der Waals surface area contributed by atoms with Gasteiger partial charge in [0, 0.05) is 37.3 Å². The Labute approximate surface area is 144 Å². The van der Waals surface area contributed by atoms with Gasteiger partial charge in [-0.05, 0) is 17.7 Å². The predicted octanol–water partition coefficient (Wildman–Crippen LogP) is 2.60. The molecule has 0 fully saturated rings. The summed E-state index contributed by atoms with van der Waals surface area (Å²) in [5.74, 6) is 1.51. The standard InChI is InChI=1S/C18H16N4O3/c1-24-14-3-2-4-15(9-14)25-17-6-5-13(10-21-17)11-22-18(23)16-12-19-7-8-20-16/h2-10,12H,11H2,1H3,(H,22,23). The fourth-order valence-corrected chi connectivity index (χ4v) is 2.05. The summed E-state index contributed by atoms with van der Waals surface area (Å²) in [7, 11) is 1.60. The van der Waals surface area contributed by atoms with Crippen LogP contribution in [0.5, 0.6) is 17.4 Å². The molecule has 0 bridgehead atoms. The number of nitrogens with one attached hydrogen (secondary N) is 1. The van der Waals surface area contributed by atoms with Crippen molar-refractivity contribution in [1.82, 2.24) is 20.3 Å². The SMILES string of the molecule is COc1cccc(Oc2ccc(CNC(=O)c3cnccn3)cn2)c1. The smallest absolute Gasteiger partial charge is 0.271 e. The zero-order valence-corrected chi connectivity index (χ0v) is 13.5. The Morgan fingerprint density at radius 1 is 1.08 bits per heavy atom. The highest BCUT2D eigenvalue weighted by atomic mass is 16.5. The Balaban J connectivity index is 1.57. The van der Waals surface area contributed by atoms with Crippen LogP contribution in [-0.4, -0.2) is 28.0 Å². The highest BCUT2D eigenvalue weighted by Gasteiger charge is 2.07. The van der Waals surface area contributed by atoms with E-state index in [1.165, 1.54) is 18.6 Å². The van der Waals surface area contributed by atoms with Crippen molar-refractivity contribution in [3.63, 3.8) is 0 Å². The molecule has 1 amide bonds. The number of rotatable bonds is 6.